The zero-order chi connectivity index (χ0) is 26.1. The standard InChI is InChI=1S/C26H29ClN2O6S/c1-18(20-7-5-4-6-8-20)29-36(31,32)21-10-12-23(22(27)16-21)35-17-26(30)28-14-13-19-9-11-24(33-2)25(15-19)34-3/h4-12,15-16,18,29H,13-14,17H2,1-3H3,(H,28,30). The molecule has 8 nitrogen and oxygen atoms in total. The van der Waals surface area contributed by atoms with Gasteiger partial charge in [-0.15, -0.1) is 0 Å². The van der Waals surface area contributed by atoms with E-state index in [4.69, 9.17) is 25.8 Å². The van der Waals surface area contributed by atoms with Crippen LogP contribution < -0.4 is 24.2 Å². The SMILES string of the molecule is COc1ccc(CCNC(=O)COc2ccc(S(=O)(=O)NC(C)c3ccccc3)cc2Cl)cc1OC. The van der Waals surface area contributed by atoms with E-state index in [1.165, 1.54) is 18.2 Å². The van der Waals surface area contributed by atoms with Crippen LogP contribution in [0.1, 0.15) is 24.1 Å². The third kappa shape index (κ3) is 7.36. The van der Waals surface area contributed by atoms with Gasteiger partial charge in [-0.25, -0.2) is 13.1 Å². The molecule has 1 amide bonds. The number of carbonyl (C=O) groups excluding carboxylic acids is 1. The van der Waals surface area contributed by atoms with Crippen LogP contribution >= 0.6 is 11.6 Å². The first-order valence-corrected chi connectivity index (χ1v) is 13.1. The summed E-state index contributed by atoms with van der Waals surface area (Å²) in [6.45, 7) is 1.89. The summed E-state index contributed by atoms with van der Waals surface area (Å²) in [5.74, 6) is 1.13. The zero-order valence-corrected chi connectivity index (χ0v) is 21.9. The summed E-state index contributed by atoms with van der Waals surface area (Å²) in [7, 11) is -0.678. The number of amides is 1. The van der Waals surface area contributed by atoms with Crippen LogP contribution in [-0.2, 0) is 21.2 Å². The van der Waals surface area contributed by atoms with Crippen LogP contribution in [0.3, 0.4) is 0 Å². The van der Waals surface area contributed by atoms with Gasteiger partial charge in [-0.1, -0.05) is 48.0 Å². The van der Waals surface area contributed by atoms with Crippen molar-refractivity contribution >= 4 is 27.5 Å². The number of ether oxygens (including phenoxy) is 3. The average Bonchev–Trinajstić information content (AvgIpc) is 2.88. The number of hydrogen-bond acceptors (Lipinski definition) is 6. The van der Waals surface area contributed by atoms with E-state index >= 15 is 0 Å². The van der Waals surface area contributed by atoms with Gasteiger partial charge in [-0.3, -0.25) is 4.79 Å². The maximum atomic E-state index is 12.8. The van der Waals surface area contributed by atoms with Crippen LogP contribution in [0.25, 0.3) is 0 Å². The smallest absolute Gasteiger partial charge is 0.257 e. The van der Waals surface area contributed by atoms with Crippen molar-refractivity contribution < 1.29 is 27.4 Å². The topological polar surface area (TPSA) is 103 Å². The quantitative estimate of drug-likeness (QED) is 0.363. The molecule has 0 saturated carbocycles. The van der Waals surface area contributed by atoms with E-state index < -0.39 is 16.1 Å². The number of carbonyl (C=O) groups is 1. The first kappa shape index (κ1) is 27.3. The Bertz CT molecular complexity index is 1280. The average molecular weight is 533 g/mol. The Morgan fingerprint density at radius 1 is 0.944 bits per heavy atom. The first-order chi connectivity index (χ1) is 17.2. The zero-order valence-electron chi connectivity index (χ0n) is 20.3. The van der Waals surface area contributed by atoms with Gasteiger partial charge in [0.15, 0.2) is 18.1 Å². The second-order valence-electron chi connectivity index (χ2n) is 7.92. The van der Waals surface area contributed by atoms with Gasteiger partial charge < -0.3 is 19.5 Å². The number of rotatable bonds is 12. The highest BCUT2D eigenvalue weighted by Crippen LogP contribution is 2.29. The van der Waals surface area contributed by atoms with E-state index in [2.05, 4.69) is 10.0 Å². The molecule has 0 aliphatic carbocycles. The van der Waals surface area contributed by atoms with Crippen molar-refractivity contribution in [3.05, 3.63) is 82.9 Å². The Morgan fingerprint density at radius 2 is 1.64 bits per heavy atom. The lowest BCUT2D eigenvalue weighted by molar-refractivity contribution is -0.123. The summed E-state index contributed by atoms with van der Waals surface area (Å²) >= 11 is 6.24. The van der Waals surface area contributed by atoms with E-state index in [-0.39, 0.29) is 28.2 Å². The predicted molar refractivity (Wildman–Crippen MR) is 138 cm³/mol. The highest BCUT2D eigenvalue weighted by atomic mass is 35.5. The summed E-state index contributed by atoms with van der Waals surface area (Å²) in [5.41, 5.74) is 1.81. The molecular weight excluding hydrogens is 504 g/mol. The number of hydrogen-bond donors (Lipinski definition) is 2. The molecule has 1 unspecified atom stereocenters. The van der Waals surface area contributed by atoms with Crippen molar-refractivity contribution in [3.63, 3.8) is 0 Å². The molecule has 0 aliphatic rings. The summed E-state index contributed by atoms with van der Waals surface area (Å²) in [6, 6.07) is 18.5. The Hall–Kier alpha value is -3.27. The van der Waals surface area contributed by atoms with Gasteiger partial charge in [-0.2, -0.15) is 0 Å². The molecule has 192 valence electrons. The third-order valence-corrected chi connectivity index (χ3v) is 7.22. The summed E-state index contributed by atoms with van der Waals surface area (Å²) in [6.07, 6.45) is 0.591. The molecule has 0 fully saturated rings. The van der Waals surface area contributed by atoms with Gasteiger partial charge >= 0.3 is 0 Å². The van der Waals surface area contributed by atoms with Crippen LogP contribution in [0.5, 0.6) is 17.2 Å². The Labute approximate surface area is 216 Å². The lowest BCUT2D eigenvalue weighted by Gasteiger charge is -2.15. The van der Waals surface area contributed by atoms with Crippen LogP contribution in [-0.4, -0.2) is 41.7 Å². The predicted octanol–water partition coefficient (Wildman–Crippen LogP) is 4.13. The molecule has 0 heterocycles. The fourth-order valence-electron chi connectivity index (χ4n) is 3.45. The Morgan fingerprint density at radius 3 is 2.31 bits per heavy atom. The second-order valence-corrected chi connectivity index (χ2v) is 10.0. The molecule has 2 N–H and O–H groups in total. The molecule has 0 aliphatic heterocycles. The number of nitrogens with one attached hydrogen (secondary N) is 2. The van der Waals surface area contributed by atoms with E-state index in [9.17, 15) is 13.2 Å². The van der Waals surface area contributed by atoms with Crippen molar-refractivity contribution in [2.24, 2.45) is 0 Å². The fourth-order valence-corrected chi connectivity index (χ4v) is 5.01. The molecule has 3 aromatic carbocycles. The minimum Gasteiger partial charge on any atom is -0.493 e. The van der Waals surface area contributed by atoms with Gasteiger partial charge in [0.25, 0.3) is 5.91 Å². The maximum Gasteiger partial charge on any atom is 0.257 e. The van der Waals surface area contributed by atoms with E-state index in [1.807, 2.05) is 48.5 Å². The Balaban J connectivity index is 1.51. The van der Waals surface area contributed by atoms with Crippen molar-refractivity contribution in [1.29, 1.82) is 0 Å². The minimum atomic E-state index is -3.81. The van der Waals surface area contributed by atoms with Crippen molar-refractivity contribution in [1.82, 2.24) is 10.0 Å². The van der Waals surface area contributed by atoms with E-state index in [0.717, 1.165) is 11.1 Å². The minimum absolute atomic E-state index is 0.00185. The maximum absolute atomic E-state index is 12.8. The van der Waals surface area contributed by atoms with Crippen LogP contribution in [0, 0.1) is 0 Å². The molecule has 3 aromatic rings. The fraction of sp³-hybridized carbons (Fsp3) is 0.269. The van der Waals surface area contributed by atoms with Gasteiger partial charge in [0, 0.05) is 12.6 Å². The van der Waals surface area contributed by atoms with Crippen molar-refractivity contribution in [2.75, 3.05) is 27.4 Å². The number of benzene rings is 3. The number of halogens is 1. The van der Waals surface area contributed by atoms with Crippen LogP contribution in [0.15, 0.2) is 71.6 Å². The summed E-state index contributed by atoms with van der Waals surface area (Å²) < 4.78 is 44.2. The molecule has 3 rings (SSSR count). The molecule has 0 spiro atoms. The van der Waals surface area contributed by atoms with Crippen LogP contribution in [0.2, 0.25) is 5.02 Å². The highest BCUT2D eigenvalue weighted by molar-refractivity contribution is 7.89. The molecule has 36 heavy (non-hydrogen) atoms. The molecular formula is C26H29ClN2O6S. The third-order valence-electron chi connectivity index (χ3n) is 5.39. The number of methoxy groups -OCH3 is 2. The largest absolute Gasteiger partial charge is 0.493 e. The molecule has 0 bridgehead atoms. The lowest BCUT2D eigenvalue weighted by Crippen LogP contribution is -2.30. The molecule has 0 aromatic heterocycles. The normalized spacial score (nSPS) is 12.0. The van der Waals surface area contributed by atoms with Crippen molar-refractivity contribution in [3.8, 4) is 17.2 Å². The molecule has 10 heteroatoms. The summed E-state index contributed by atoms with van der Waals surface area (Å²) in [5, 5.41) is 2.86. The van der Waals surface area contributed by atoms with Gasteiger partial charge in [-0.05, 0) is 54.8 Å². The molecule has 0 radical (unpaired) electrons. The van der Waals surface area contributed by atoms with E-state index in [1.54, 1.807) is 21.1 Å². The van der Waals surface area contributed by atoms with Crippen molar-refractivity contribution in [2.45, 2.75) is 24.3 Å². The molecule has 1 atom stereocenters. The van der Waals surface area contributed by atoms with Gasteiger partial charge in [0.2, 0.25) is 10.0 Å². The monoisotopic (exact) mass is 532 g/mol. The number of sulfonamides is 1. The van der Waals surface area contributed by atoms with Crippen LogP contribution in [0.4, 0.5) is 0 Å². The Kier molecular flexibility index (Phi) is 9.58. The van der Waals surface area contributed by atoms with E-state index in [0.29, 0.717) is 24.5 Å². The highest BCUT2D eigenvalue weighted by Gasteiger charge is 2.20. The molecule has 0 saturated heterocycles. The van der Waals surface area contributed by atoms with Gasteiger partial charge in [0.1, 0.15) is 5.75 Å². The summed E-state index contributed by atoms with van der Waals surface area (Å²) in [4.78, 5) is 12.2. The van der Waals surface area contributed by atoms with Gasteiger partial charge in [0.05, 0.1) is 24.1 Å². The first-order valence-electron chi connectivity index (χ1n) is 11.2. The second kappa shape index (κ2) is 12.6. The lowest BCUT2D eigenvalue weighted by atomic mass is 10.1.